The van der Waals surface area contributed by atoms with Crippen molar-refractivity contribution in [3.8, 4) is 0 Å². The molecule has 1 aromatic carbocycles. The maximum atomic E-state index is 12.2. The van der Waals surface area contributed by atoms with E-state index in [1.54, 1.807) is 0 Å². The largest absolute Gasteiger partial charge is 0.481 e. The molecule has 5 N–H and O–H groups in total. The van der Waals surface area contributed by atoms with Crippen LogP contribution in [0.5, 0.6) is 0 Å². The quantitative estimate of drug-likeness (QED) is 0.362. The first-order valence-electron chi connectivity index (χ1n) is 8.65. The number of hydrogen-bond acceptors (Lipinski definition) is 5. The minimum atomic E-state index is -1.39. The summed E-state index contributed by atoms with van der Waals surface area (Å²) in [6.45, 7) is 0. The van der Waals surface area contributed by atoms with Gasteiger partial charge in [0.1, 0.15) is 18.1 Å². The highest BCUT2D eigenvalue weighted by Gasteiger charge is 2.35. The fourth-order valence-corrected chi connectivity index (χ4v) is 2.78. The van der Waals surface area contributed by atoms with E-state index < -0.39 is 60.6 Å². The maximum absolute atomic E-state index is 12.2. The van der Waals surface area contributed by atoms with Crippen molar-refractivity contribution in [2.24, 2.45) is 0 Å². The number of carbonyl (C=O) groups excluding carboxylic acids is 3. The van der Waals surface area contributed by atoms with Crippen LogP contribution in [-0.4, -0.2) is 58.0 Å². The van der Waals surface area contributed by atoms with Gasteiger partial charge in [-0.05, 0) is 12.0 Å². The molecule has 1 fully saturated rings. The number of carboxylic acids is 2. The van der Waals surface area contributed by atoms with Gasteiger partial charge in [0, 0.05) is 12.8 Å². The summed E-state index contributed by atoms with van der Waals surface area (Å²) in [5, 5.41) is 24.9. The van der Waals surface area contributed by atoms with Crippen molar-refractivity contribution in [1.29, 1.82) is 0 Å². The topological polar surface area (TPSA) is 162 Å². The first-order valence-corrected chi connectivity index (χ1v) is 8.65. The number of carboxylic acid groups (broad SMARTS) is 2. The smallest absolute Gasteiger partial charge is 0.326 e. The Bertz CT molecular complexity index is 766. The lowest BCUT2D eigenvalue weighted by atomic mass is 10.0. The molecule has 0 spiro atoms. The van der Waals surface area contributed by atoms with Crippen LogP contribution in [0.2, 0.25) is 0 Å². The summed E-state index contributed by atoms with van der Waals surface area (Å²) in [7, 11) is 0. The normalized spacial score (nSPS) is 19.9. The standard InChI is InChI=1S/C18H21N3O7/c22-14(19-11(18(27)28)6-7-15(23)24)9-13-17(26)20-12(16(25)21-13)8-10-4-2-1-3-5-10/h1-5,11-13H,6-9H2,(H,19,22)(H,20,26)(H,21,25)(H,23,24)(H,27,28)/t11-,12-,13-/m0/s1. The molecule has 1 heterocycles. The van der Waals surface area contributed by atoms with Gasteiger partial charge in [0.25, 0.3) is 0 Å². The Morgan fingerprint density at radius 3 is 2.21 bits per heavy atom. The second kappa shape index (κ2) is 9.49. The minimum absolute atomic E-state index is 0.293. The van der Waals surface area contributed by atoms with Gasteiger partial charge in [0.05, 0.1) is 6.42 Å². The lowest BCUT2D eigenvalue weighted by Gasteiger charge is -2.29. The number of hydrogen-bond donors (Lipinski definition) is 5. The molecule has 0 bridgehead atoms. The number of piperazine rings is 1. The van der Waals surface area contributed by atoms with Gasteiger partial charge in [-0.2, -0.15) is 0 Å². The number of carbonyl (C=O) groups is 5. The Kier molecular flexibility index (Phi) is 7.08. The third-order valence-corrected chi connectivity index (χ3v) is 4.22. The van der Waals surface area contributed by atoms with Gasteiger partial charge in [-0.15, -0.1) is 0 Å². The lowest BCUT2D eigenvalue weighted by molar-refractivity contribution is -0.143. The van der Waals surface area contributed by atoms with Gasteiger partial charge < -0.3 is 26.2 Å². The highest BCUT2D eigenvalue weighted by molar-refractivity contribution is 5.99. The first kappa shape index (κ1) is 20.9. The van der Waals surface area contributed by atoms with Crippen molar-refractivity contribution in [1.82, 2.24) is 16.0 Å². The Labute approximate surface area is 160 Å². The highest BCUT2D eigenvalue weighted by Crippen LogP contribution is 2.09. The molecule has 10 nitrogen and oxygen atoms in total. The molecule has 0 saturated carbocycles. The summed E-state index contributed by atoms with van der Waals surface area (Å²) in [6, 6.07) is 5.81. The monoisotopic (exact) mass is 391 g/mol. The average Bonchev–Trinajstić information content (AvgIpc) is 2.63. The Morgan fingerprint density at radius 1 is 1.00 bits per heavy atom. The Morgan fingerprint density at radius 2 is 1.61 bits per heavy atom. The Balaban J connectivity index is 1.89. The average molecular weight is 391 g/mol. The lowest BCUT2D eigenvalue weighted by Crippen LogP contribution is -2.63. The van der Waals surface area contributed by atoms with Crippen LogP contribution in [0.25, 0.3) is 0 Å². The summed E-state index contributed by atoms with van der Waals surface area (Å²) in [5.74, 6) is -4.34. The number of amides is 3. The molecule has 0 radical (unpaired) electrons. The summed E-state index contributed by atoms with van der Waals surface area (Å²) in [6.07, 6.45) is -0.877. The summed E-state index contributed by atoms with van der Waals surface area (Å²) >= 11 is 0. The molecular formula is C18H21N3O7. The molecule has 1 aromatic rings. The van der Waals surface area contributed by atoms with E-state index in [9.17, 15) is 24.0 Å². The van der Waals surface area contributed by atoms with E-state index in [2.05, 4.69) is 16.0 Å². The van der Waals surface area contributed by atoms with E-state index in [-0.39, 0.29) is 6.42 Å². The molecule has 3 atom stereocenters. The Hall–Kier alpha value is -3.43. The zero-order valence-electron chi connectivity index (χ0n) is 14.9. The van der Waals surface area contributed by atoms with Gasteiger partial charge in [-0.25, -0.2) is 4.79 Å². The SMILES string of the molecule is O=C(O)CC[C@H](NC(=O)C[C@@H]1NC(=O)[C@H](Cc2ccccc2)NC1=O)C(=O)O. The fraction of sp³-hybridized carbons (Fsp3) is 0.389. The summed E-state index contributed by atoms with van der Waals surface area (Å²) in [5.41, 5.74) is 0.863. The second-order valence-corrected chi connectivity index (χ2v) is 6.41. The van der Waals surface area contributed by atoms with Crippen LogP contribution in [0.15, 0.2) is 30.3 Å². The number of nitrogens with one attached hydrogen (secondary N) is 3. The van der Waals surface area contributed by atoms with Crippen LogP contribution in [-0.2, 0) is 30.4 Å². The highest BCUT2D eigenvalue weighted by atomic mass is 16.4. The van der Waals surface area contributed by atoms with E-state index in [1.807, 2.05) is 30.3 Å². The molecule has 0 aromatic heterocycles. The molecule has 0 aliphatic carbocycles. The van der Waals surface area contributed by atoms with Crippen molar-refractivity contribution < 1.29 is 34.2 Å². The fourth-order valence-electron chi connectivity index (χ4n) is 2.78. The maximum Gasteiger partial charge on any atom is 0.326 e. The molecule has 150 valence electrons. The summed E-state index contributed by atoms with van der Waals surface area (Å²) < 4.78 is 0. The van der Waals surface area contributed by atoms with E-state index in [0.717, 1.165) is 5.56 Å². The molecule has 28 heavy (non-hydrogen) atoms. The predicted molar refractivity (Wildman–Crippen MR) is 95.1 cm³/mol. The van der Waals surface area contributed by atoms with E-state index in [4.69, 9.17) is 10.2 Å². The number of rotatable bonds is 9. The molecule has 10 heteroatoms. The van der Waals surface area contributed by atoms with Crippen molar-refractivity contribution in [2.75, 3.05) is 0 Å². The third-order valence-electron chi connectivity index (χ3n) is 4.22. The van der Waals surface area contributed by atoms with E-state index >= 15 is 0 Å². The van der Waals surface area contributed by atoms with Crippen LogP contribution < -0.4 is 16.0 Å². The molecule has 3 amide bonds. The molecular weight excluding hydrogens is 370 g/mol. The molecule has 0 unspecified atom stereocenters. The van der Waals surface area contributed by atoms with Crippen LogP contribution in [0.1, 0.15) is 24.8 Å². The molecule has 1 aliphatic rings. The molecule has 2 rings (SSSR count). The van der Waals surface area contributed by atoms with Gasteiger partial charge in [0.15, 0.2) is 0 Å². The van der Waals surface area contributed by atoms with Crippen LogP contribution in [0, 0.1) is 0 Å². The molecule has 1 aliphatic heterocycles. The van der Waals surface area contributed by atoms with Crippen molar-refractivity contribution >= 4 is 29.7 Å². The summed E-state index contributed by atoms with van der Waals surface area (Å²) in [4.78, 5) is 58.2. The van der Waals surface area contributed by atoms with Crippen molar-refractivity contribution in [3.05, 3.63) is 35.9 Å². The predicted octanol–water partition coefficient (Wildman–Crippen LogP) is -0.963. The minimum Gasteiger partial charge on any atom is -0.481 e. The zero-order valence-corrected chi connectivity index (χ0v) is 14.9. The van der Waals surface area contributed by atoms with Crippen LogP contribution in [0.3, 0.4) is 0 Å². The van der Waals surface area contributed by atoms with E-state index in [1.165, 1.54) is 0 Å². The van der Waals surface area contributed by atoms with Gasteiger partial charge >= 0.3 is 11.9 Å². The van der Waals surface area contributed by atoms with Crippen molar-refractivity contribution in [3.63, 3.8) is 0 Å². The van der Waals surface area contributed by atoms with Gasteiger partial charge in [-0.3, -0.25) is 19.2 Å². The zero-order chi connectivity index (χ0) is 20.7. The third kappa shape index (κ3) is 6.08. The van der Waals surface area contributed by atoms with Crippen LogP contribution in [0.4, 0.5) is 0 Å². The molecule has 1 saturated heterocycles. The van der Waals surface area contributed by atoms with Crippen LogP contribution >= 0.6 is 0 Å². The van der Waals surface area contributed by atoms with Gasteiger partial charge in [0.2, 0.25) is 17.7 Å². The van der Waals surface area contributed by atoms with Crippen molar-refractivity contribution in [2.45, 2.75) is 43.8 Å². The van der Waals surface area contributed by atoms with E-state index in [0.29, 0.717) is 6.42 Å². The first-order chi connectivity index (χ1) is 13.3. The number of aliphatic carboxylic acids is 2. The number of benzene rings is 1. The van der Waals surface area contributed by atoms with Gasteiger partial charge in [-0.1, -0.05) is 30.3 Å². The second-order valence-electron chi connectivity index (χ2n) is 6.41.